The van der Waals surface area contributed by atoms with Crippen molar-refractivity contribution in [2.75, 3.05) is 26.8 Å². The van der Waals surface area contributed by atoms with Crippen LogP contribution >= 0.6 is 0 Å². The van der Waals surface area contributed by atoms with Gasteiger partial charge in [-0.15, -0.1) is 0 Å². The summed E-state index contributed by atoms with van der Waals surface area (Å²) in [6.45, 7) is 8.77. The Morgan fingerprint density at radius 1 is 1.33 bits per heavy atom. The number of rotatable bonds is 8. The van der Waals surface area contributed by atoms with Crippen LogP contribution in [0.5, 0.6) is 0 Å². The number of carbonyl (C=O) groups is 2. The van der Waals surface area contributed by atoms with E-state index in [1.165, 1.54) is 0 Å². The number of methoxy groups -OCH3 is 1. The molecule has 0 aliphatic carbocycles. The maximum absolute atomic E-state index is 12.1. The largest absolute Gasteiger partial charge is 0.481 e. The van der Waals surface area contributed by atoms with Crippen LogP contribution in [-0.4, -0.2) is 48.7 Å². The number of carboxylic acid groups (broad SMARTS) is 1. The third-order valence-electron chi connectivity index (χ3n) is 2.68. The van der Waals surface area contributed by atoms with Gasteiger partial charge in [-0.1, -0.05) is 13.8 Å². The summed E-state index contributed by atoms with van der Waals surface area (Å²) in [5, 5.41) is 9.03. The second-order valence-electron chi connectivity index (χ2n) is 5.59. The van der Waals surface area contributed by atoms with E-state index in [1.807, 2.05) is 13.8 Å². The van der Waals surface area contributed by atoms with Crippen molar-refractivity contribution in [1.82, 2.24) is 4.90 Å². The van der Waals surface area contributed by atoms with Gasteiger partial charge in [0.05, 0.1) is 12.0 Å². The molecule has 5 heteroatoms. The molecule has 0 aromatic rings. The molecule has 0 saturated carbocycles. The molecule has 0 fully saturated rings. The van der Waals surface area contributed by atoms with Crippen LogP contribution in [0.3, 0.4) is 0 Å². The maximum atomic E-state index is 12.1. The van der Waals surface area contributed by atoms with Gasteiger partial charge in [-0.3, -0.25) is 9.59 Å². The van der Waals surface area contributed by atoms with E-state index < -0.39 is 11.4 Å². The van der Waals surface area contributed by atoms with Gasteiger partial charge in [0.1, 0.15) is 0 Å². The number of ether oxygens (including phenoxy) is 1. The van der Waals surface area contributed by atoms with Crippen molar-refractivity contribution in [3.8, 4) is 0 Å². The van der Waals surface area contributed by atoms with Crippen LogP contribution in [0.1, 0.15) is 34.1 Å². The summed E-state index contributed by atoms with van der Waals surface area (Å²) in [5.41, 5.74) is -1.03. The number of hydrogen-bond donors (Lipinski definition) is 1. The maximum Gasteiger partial charge on any atom is 0.309 e. The second-order valence-corrected chi connectivity index (χ2v) is 5.59. The van der Waals surface area contributed by atoms with Gasteiger partial charge in [0.2, 0.25) is 5.91 Å². The Hall–Kier alpha value is -1.10. The van der Waals surface area contributed by atoms with Crippen molar-refractivity contribution < 1.29 is 19.4 Å². The highest BCUT2D eigenvalue weighted by molar-refractivity contribution is 5.84. The molecule has 0 bridgehead atoms. The molecule has 1 N–H and O–H groups in total. The minimum atomic E-state index is -1.03. The average molecular weight is 259 g/mol. The van der Waals surface area contributed by atoms with E-state index in [-0.39, 0.29) is 12.3 Å². The Morgan fingerprint density at radius 3 is 2.28 bits per heavy atom. The van der Waals surface area contributed by atoms with E-state index in [9.17, 15) is 9.59 Å². The van der Waals surface area contributed by atoms with E-state index in [4.69, 9.17) is 9.84 Å². The summed E-state index contributed by atoms with van der Waals surface area (Å²) in [6, 6.07) is 0. The fraction of sp³-hybridized carbons (Fsp3) is 0.846. The van der Waals surface area contributed by atoms with Crippen molar-refractivity contribution in [2.24, 2.45) is 11.3 Å². The summed E-state index contributed by atoms with van der Waals surface area (Å²) in [7, 11) is 1.58. The Labute approximate surface area is 109 Å². The predicted molar refractivity (Wildman–Crippen MR) is 69.3 cm³/mol. The molecule has 0 aromatic carbocycles. The third kappa shape index (κ3) is 6.00. The number of carbonyl (C=O) groups excluding carboxylic acids is 1. The lowest BCUT2D eigenvalue weighted by Crippen LogP contribution is -2.40. The SMILES string of the molecule is COCCN(CC(C)C)C(=O)CC(C)(C)C(=O)O. The average Bonchev–Trinajstić information content (AvgIpc) is 2.22. The molecule has 0 unspecified atom stereocenters. The number of amides is 1. The van der Waals surface area contributed by atoms with Crippen LogP contribution in [0.2, 0.25) is 0 Å². The van der Waals surface area contributed by atoms with Gasteiger partial charge in [-0.2, -0.15) is 0 Å². The summed E-state index contributed by atoms with van der Waals surface area (Å²) in [4.78, 5) is 24.8. The highest BCUT2D eigenvalue weighted by atomic mass is 16.5. The van der Waals surface area contributed by atoms with Crippen molar-refractivity contribution in [3.63, 3.8) is 0 Å². The minimum absolute atomic E-state index is 0.0127. The first-order chi connectivity index (χ1) is 8.20. The van der Waals surface area contributed by atoms with Crippen molar-refractivity contribution in [3.05, 3.63) is 0 Å². The Morgan fingerprint density at radius 2 is 1.89 bits per heavy atom. The molecule has 0 heterocycles. The van der Waals surface area contributed by atoms with Crippen LogP contribution in [0.25, 0.3) is 0 Å². The van der Waals surface area contributed by atoms with Crippen LogP contribution < -0.4 is 0 Å². The lowest BCUT2D eigenvalue weighted by Gasteiger charge is -2.27. The first-order valence-electron chi connectivity index (χ1n) is 6.20. The molecule has 0 atom stereocenters. The molecule has 106 valence electrons. The molecule has 0 spiro atoms. The minimum Gasteiger partial charge on any atom is -0.481 e. The van der Waals surface area contributed by atoms with E-state index >= 15 is 0 Å². The van der Waals surface area contributed by atoms with Crippen molar-refractivity contribution >= 4 is 11.9 Å². The predicted octanol–water partition coefficient (Wildman–Crippen LogP) is 1.62. The lowest BCUT2D eigenvalue weighted by atomic mass is 9.89. The Bertz CT molecular complexity index is 287. The number of carboxylic acids is 1. The fourth-order valence-corrected chi connectivity index (χ4v) is 1.53. The van der Waals surface area contributed by atoms with Crippen LogP contribution in [0.4, 0.5) is 0 Å². The highest BCUT2D eigenvalue weighted by Crippen LogP contribution is 2.22. The summed E-state index contributed by atoms with van der Waals surface area (Å²) in [5.74, 6) is -0.737. The number of aliphatic carboxylic acids is 1. The lowest BCUT2D eigenvalue weighted by molar-refractivity contribution is -0.151. The molecule has 0 radical (unpaired) electrons. The topological polar surface area (TPSA) is 66.8 Å². The molecular weight excluding hydrogens is 234 g/mol. The standard InChI is InChI=1S/C13H25NO4/c1-10(2)9-14(6-7-18-5)11(15)8-13(3,4)12(16)17/h10H,6-9H2,1-5H3,(H,16,17). The molecule has 1 amide bonds. The van der Waals surface area contributed by atoms with Gasteiger partial charge in [-0.05, 0) is 19.8 Å². The van der Waals surface area contributed by atoms with Crippen molar-refractivity contribution in [2.45, 2.75) is 34.1 Å². The molecule has 0 aliphatic rings. The van der Waals surface area contributed by atoms with E-state index in [0.29, 0.717) is 25.6 Å². The highest BCUT2D eigenvalue weighted by Gasteiger charge is 2.32. The first kappa shape index (κ1) is 16.9. The summed E-state index contributed by atoms with van der Waals surface area (Å²) >= 11 is 0. The smallest absolute Gasteiger partial charge is 0.309 e. The number of hydrogen-bond acceptors (Lipinski definition) is 3. The molecular formula is C13H25NO4. The van der Waals surface area contributed by atoms with Crippen LogP contribution in [-0.2, 0) is 14.3 Å². The molecule has 0 aliphatic heterocycles. The summed E-state index contributed by atoms with van der Waals surface area (Å²) < 4.78 is 4.97. The monoisotopic (exact) mass is 259 g/mol. The van der Waals surface area contributed by atoms with E-state index in [0.717, 1.165) is 0 Å². The zero-order valence-corrected chi connectivity index (χ0v) is 12.0. The van der Waals surface area contributed by atoms with Gasteiger partial charge in [0.15, 0.2) is 0 Å². The van der Waals surface area contributed by atoms with Gasteiger partial charge in [0, 0.05) is 26.6 Å². The molecule has 0 rings (SSSR count). The van der Waals surface area contributed by atoms with Crippen molar-refractivity contribution in [1.29, 1.82) is 0 Å². The normalized spacial score (nSPS) is 11.7. The van der Waals surface area contributed by atoms with Gasteiger partial charge < -0.3 is 14.7 Å². The van der Waals surface area contributed by atoms with E-state index in [1.54, 1.807) is 25.9 Å². The second kappa shape index (κ2) is 7.36. The third-order valence-corrected chi connectivity index (χ3v) is 2.68. The molecule has 18 heavy (non-hydrogen) atoms. The Kier molecular flexibility index (Phi) is 6.91. The van der Waals surface area contributed by atoms with Gasteiger partial charge in [0.25, 0.3) is 0 Å². The summed E-state index contributed by atoms with van der Waals surface area (Å²) in [6.07, 6.45) is 0.0127. The first-order valence-corrected chi connectivity index (χ1v) is 6.20. The van der Waals surface area contributed by atoms with Crippen LogP contribution in [0.15, 0.2) is 0 Å². The Balaban J connectivity index is 4.59. The van der Waals surface area contributed by atoms with E-state index in [2.05, 4.69) is 0 Å². The molecule has 5 nitrogen and oxygen atoms in total. The molecule has 0 aromatic heterocycles. The fourth-order valence-electron chi connectivity index (χ4n) is 1.53. The zero-order chi connectivity index (χ0) is 14.3. The zero-order valence-electron chi connectivity index (χ0n) is 12.0. The number of nitrogens with zero attached hydrogens (tertiary/aromatic N) is 1. The molecule has 0 saturated heterocycles. The quantitative estimate of drug-likeness (QED) is 0.719. The van der Waals surface area contributed by atoms with Crippen LogP contribution in [0, 0.1) is 11.3 Å². The van der Waals surface area contributed by atoms with Gasteiger partial charge >= 0.3 is 5.97 Å². The van der Waals surface area contributed by atoms with Gasteiger partial charge in [-0.25, -0.2) is 0 Å².